The number of carbonyl (C=O) groups is 1. The number of rotatable bonds is 2. The van der Waals surface area contributed by atoms with Gasteiger partial charge in [0, 0.05) is 13.6 Å². The van der Waals surface area contributed by atoms with Crippen molar-refractivity contribution in [1.82, 2.24) is 4.90 Å². The van der Waals surface area contributed by atoms with Crippen molar-refractivity contribution in [3.05, 3.63) is 29.3 Å². The fourth-order valence-electron chi connectivity index (χ4n) is 1.29. The fourth-order valence-corrected chi connectivity index (χ4v) is 1.29. The fraction of sp³-hybridized carbons (Fsp3) is 0.417. The Balaban J connectivity index is 3.23. The first-order valence-corrected chi connectivity index (χ1v) is 5.67. The summed E-state index contributed by atoms with van der Waals surface area (Å²) in [5.41, 5.74) is -3.08. The molecule has 1 aromatic rings. The molecule has 0 unspecified atom stereocenters. The third-order valence-electron chi connectivity index (χ3n) is 2.55. The van der Waals surface area contributed by atoms with E-state index in [0.717, 1.165) is 4.90 Å². The molecule has 0 heterocycles. The largest absolute Gasteiger partial charge is 0.416 e. The summed E-state index contributed by atoms with van der Waals surface area (Å²) in [6, 6.07) is 0.647. The summed E-state index contributed by atoms with van der Waals surface area (Å²) < 4.78 is 80.0. The van der Waals surface area contributed by atoms with Gasteiger partial charge in [0.25, 0.3) is 0 Å². The highest BCUT2D eigenvalue weighted by atomic mass is 19.4. The predicted molar refractivity (Wildman–Crippen MR) is 60.8 cm³/mol. The summed E-state index contributed by atoms with van der Waals surface area (Å²) in [7, 11) is 1.29. The van der Waals surface area contributed by atoms with Gasteiger partial charge in [-0.15, -0.1) is 0 Å². The van der Waals surface area contributed by atoms with Crippen molar-refractivity contribution < 1.29 is 35.9 Å². The second-order valence-electron chi connectivity index (χ2n) is 4.12. The van der Waals surface area contributed by atoms with Crippen molar-refractivity contribution in [1.29, 1.82) is 0 Å². The van der Waals surface area contributed by atoms with Crippen LogP contribution in [0, 0.1) is 0 Å². The molecular weight excluding hydrogens is 304 g/mol. The summed E-state index contributed by atoms with van der Waals surface area (Å²) in [6.45, 7) is 1.75. The molecule has 0 saturated heterocycles. The van der Waals surface area contributed by atoms with Crippen molar-refractivity contribution in [2.24, 2.45) is 0 Å². The quantitative estimate of drug-likeness (QED) is 0.767. The lowest BCUT2D eigenvalue weighted by molar-refractivity contribution is -0.143. The van der Waals surface area contributed by atoms with Crippen LogP contribution >= 0.6 is 0 Å². The number of amides is 1. The molecular formula is C12H11F6NO2. The van der Waals surface area contributed by atoms with Gasteiger partial charge in [0.1, 0.15) is 5.75 Å². The third kappa shape index (κ3) is 4.54. The van der Waals surface area contributed by atoms with Crippen molar-refractivity contribution in [3.63, 3.8) is 0 Å². The molecule has 0 atom stereocenters. The highest BCUT2D eigenvalue weighted by molar-refractivity contribution is 5.70. The van der Waals surface area contributed by atoms with Gasteiger partial charge in [0.05, 0.1) is 11.1 Å². The van der Waals surface area contributed by atoms with Crippen molar-refractivity contribution in [2.75, 3.05) is 13.6 Å². The lowest BCUT2D eigenvalue weighted by atomic mass is 10.1. The van der Waals surface area contributed by atoms with Crippen LogP contribution in [0.2, 0.25) is 0 Å². The van der Waals surface area contributed by atoms with Gasteiger partial charge < -0.3 is 9.64 Å². The molecule has 1 aromatic carbocycles. The number of hydrogen-bond acceptors (Lipinski definition) is 2. The minimum Gasteiger partial charge on any atom is -0.410 e. The average molecular weight is 315 g/mol. The van der Waals surface area contributed by atoms with Gasteiger partial charge in [0.15, 0.2) is 0 Å². The van der Waals surface area contributed by atoms with Gasteiger partial charge in [-0.1, -0.05) is 0 Å². The molecule has 0 aromatic heterocycles. The summed E-state index contributed by atoms with van der Waals surface area (Å²) in [6.07, 6.45) is -11.0. The zero-order valence-corrected chi connectivity index (χ0v) is 11.0. The molecule has 0 fully saturated rings. The van der Waals surface area contributed by atoms with Crippen molar-refractivity contribution in [3.8, 4) is 5.75 Å². The standard InChI is InChI=1S/C12H11F6NO2/c1-3-19(2)10(20)21-9-5-7(11(13,14)15)4-8(6-9)12(16,17)18/h4-6H,3H2,1-2H3. The Bertz CT molecular complexity index is 491. The molecule has 0 spiro atoms. The molecule has 0 radical (unpaired) electrons. The van der Waals surface area contributed by atoms with Gasteiger partial charge >= 0.3 is 18.4 Å². The number of benzene rings is 1. The van der Waals surface area contributed by atoms with E-state index in [4.69, 9.17) is 0 Å². The highest BCUT2D eigenvalue weighted by Gasteiger charge is 2.37. The van der Waals surface area contributed by atoms with E-state index in [9.17, 15) is 31.1 Å². The van der Waals surface area contributed by atoms with E-state index in [0.29, 0.717) is 12.1 Å². The molecule has 118 valence electrons. The van der Waals surface area contributed by atoms with Crippen LogP contribution in [0.1, 0.15) is 18.1 Å². The Morgan fingerprint density at radius 1 is 1.05 bits per heavy atom. The molecule has 1 amide bonds. The van der Waals surface area contributed by atoms with Crippen molar-refractivity contribution >= 4 is 6.09 Å². The van der Waals surface area contributed by atoms with Crippen LogP contribution in [0.3, 0.4) is 0 Å². The Labute approximate surface area is 116 Å². The van der Waals surface area contributed by atoms with Crippen LogP contribution in [0.5, 0.6) is 5.75 Å². The summed E-state index contributed by atoms with van der Waals surface area (Å²) >= 11 is 0. The molecule has 21 heavy (non-hydrogen) atoms. The van der Waals surface area contributed by atoms with Gasteiger partial charge in [-0.25, -0.2) is 4.79 Å². The Hall–Kier alpha value is -1.93. The summed E-state index contributed by atoms with van der Waals surface area (Å²) in [5, 5.41) is 0. The summed E-state index contributed by atoms with van der Waals surface area (Å²) in [5.74, 6) is -0.817. The van der Waals surface area contributed by atoms with Gasteiger partial charge in [-0.2, -0.15) is 26.3 Å². The van der Waals surface area contributed by atoms with Crippen LogP contribution in [0.4, 0.5) is 31.1 Å². The Morgan fingerprint density at radius 2 is 1.48 bits per heavy atom. The Kier molecular flexibility index (Phi) is 4.75. The minimum absolute atomic E-state index is 0.0408. The number of halogens is 6. The minimum atomic E-state index is -4.99. The predicted octanol–water partition coefficient (Wildman–Crippen LogP) is 4.17. The first-order chi connectivity index (χ1) is 9.45. The maximum Gasteiger partial charge on any atom is 0.416 e. The van der Waals surface area contributed by atoms with Gasteiger partial charge in [0.2, 0.25) is 0 Å². The normalized spacial score (nSPS) is 12.2. The van der Waals surface area contributed by atoms with Crippen LogP contribution in [-0.4, -0.2) is 24.6 Å². The lowest BCUT2D eigenvalue weighted by Crippen LogP contribution is -2.29. The molecule has 0 N–H and O–H groups in total. The van der Waals surface area contributed by atoms with Crippen LogP contribution < -0.4 is 4.74 Å². The van der Waals surface area contributed by atoms with E-state index in [2.05, 4.69) is 4.74 Å². The number of hydrogen-bond donors (Lipinski definition) is 0. The molecule has 0 aliphatic heterocycles. The second-order valence-corrected chi connectivity index (χ2v) is 4.12. The summed E-state index contributed by atoms with van der Waals surface area (Å²) in [4.78, 5) is 12.4. The molecule has 0 aliphatic carbocycles. The number of nitrogens with zero attached hydrogens (tertiary/aromatic N) is 1. The molecule has 0 aliphatic rings. The van der Waals surface area contributed by atoms with Crippen molar-refractivity contribution in [2.45, 2.75) is 19.3 Å². The molecule has 9 heteroatoms. The van der Waals surface area contributed by atoms with E-state index < -0.39 is 35.3 Å². The third-order valence-corrected chi connectivity index (χ3v) is 2.55. The highest BCUT2D eigenvalue weighted by Crippen LogP contribution is 2.38. The zero-order valence-electron chi connectivity index (χ0n) is 11.0. The average Bonchev–Trinajstić information content (AvgIpc) is 2.35. The SMILES string of the molecule is CCN(C)C(=O)Oc1cc(C(F)(F)F)cc(C(F)(F)F)c1. The van der Waals surface area contributed by atoms with E-state index in [1.54, 1.807) is 6.92 Å². The van der Waals surface area contributed by atoms with Crippen LogP contribution in [0.15, 0.2) is 18.2 Å². The monoisotopic (exact) mass is 315 g/mol. The molecule has 0 saturated carbocycles. The van der Waals surface area contributed by atoms with E-state index in [1.807, 2.05) is 0 Å². The number of carbonyl (C=O) groups excluding carboxylic acids is 1. The smallest absolute Gasteiger partial charge is 0.410 e. The van der Waals surface area contributed by atoms with Gasteiger partial charge in [-0.05, 0) is 25.1 Å². The van der Waals surface area contributed by atoms with E-state index in [-0.39, 0.29) is 12.6 Å². The van der Waals surface area contributed by atoms with Gasteiger partial charge in [-0.3, -0.25) is 0 Å². The first-order valence-electron chi connectivity index (χ1n) is 5.67. The molecule has 3 nitrogen and oxygen atoms in total. The lowest BCUT2D eigenvalue weighted by Gasteiger charge is -2.17. The number of alkyl halides is 6. The van der Waals surface area contributed by atoms with E-state index in [1.165, 1.54) is 7.05 Å². The maximum absolute atomic E-state index is 12.6. The molecule has 1 rings (SSSR count). The Morgan fingerprint density at radius 3 is 1.81 bits per heavy atom. The van der Waals surface area contributed by atoms with E-state index >= 15 is 0 Å². The zero-order chi connectivity index (χ0) is 16.4. The second kappa shape index (κ2) is 5.82. The van der Waals surface area contributed by atoms with Crippen LogP contribution in [0.25, 0.3) is 0 Å². The first kappa shape index (κ1) is 17.1. The van der Waals surface area contributed by atoms with Crippen LogP contribution in [-0.2, 0) is 12.4 Å². The topological polar surface area (TPSA) is 29.5 Å². The maximum atomic E-state index is 12.6. The molecule has 0 bridgehead atoms. The number of ether oxygens (including phenoxy) is 1.